The predicted molar refractivity (Wildman–Crippen MR) is 88.5 cm³/mol. The van der Waals surface area contributed by atoms with Gasteiger partial charge in [0, 0.05) is 22.5 Å². The highest BCUT2D eigenvalue weighted by Crippen LogP contribution is 2.24. The number of aliphatic carboxylic acids is 1. The standard InChI is InChI=1S/C18H20N2O3/c1-11-6-8-12(9-7-11)19-18(23)17-14(10-16(21)22)13-4-2-3-5-15(13)20-17/h2-6,12,20H,7-10H2,1H3,(H,19,23)(H,21,22). The van der Waals surface area contributed by atoms with Crippen molar-refractivity contribution in [2.24, 2.45) is 0 Å². The van der Waals surface area contributed by atoms with E-state index in [1.807, 2.05) is 24.3 Å². The van der Waals surface area contributed by atoms with Crippen LogP contribution in [0.5, 0.6) is 0 Å². The number of carbonyl (C=O) groups excluding carboxylic acids is 1. The summed E-state index contributed by atoms with van der Waals surface area (Å²) in [7, 11) is 0. The summed E-state index contributed by atoms with van der Waals surface area (Å²) < 4.78 is 0. The third kappa shape index (κ3) is 3.28. The van der Waals surface area contributed by atoms with E-state index >= 15 is 0 Å². The molecular formula is C18H20N2O3. The fourth-order valence-corrected chi connectivity index (χ4v) is 3.08. The van der Waals surface area contributed by atoms with E-state index in [0.29, 0.717) is 11.3 Å². The highest BCUT2D eigenvalue weighted by atomic mass is 16.4. The molecule has 1 aliphatic carbocycles. The van der Waals surface area contributed by atoms with Crippen molar-refractivity contribution in [1.29, 1.82) is 0 Å². The zero-order chi connectivity index (χ0) is 16.4. The molecule has 3 N–H and O–H groups in total. The Morgan fingerprint density at radius 2 is 2.13 bits per heavy atom. The quantitative estimate of drug-likeness (QED) is 0.759. The number of para-hydroxylation sites is 1. The second kappa shape index (κ2) is 6.28. The summed E-state index contributed by atoms with van der Waals surface area (Å²) in [5.74, 6) is -1.17. The van der Waals surface area contributed by atoms with Gasteiger partial charge in [0.25, 0.3) is 5.91 Å². The Morgan fingerprint density at radius 1 is 1.35 bits per heavy atom. The van der Waals surface area contributed by atoms with Gasteiger partial charge >= 0.3 is 5.97 Å². The number of carbonyl (C=O) groups is 2. The van der Waals surface area contributed by atoms with E-state index < -0.39 is 5.97 Å². The first-order chi connectivity index (χ1) is 11.0. The van der Waals surface area contributed by atoms with E-state index in [2.05, 4.69) is 23.3 Å². The first-order valence-electron chi connectivity index (χ1n) is 7.82. The van der Waals surface area contributed by atoms with Gasteiger partial charge in [-0.1, -0.05) is 29.8 Å². The third-order valence-corrected chi connectivity index (χ3v) is 4.34. The fraction of sp³-hybridized carbons (Fsp3) is 0.333. The van der Waals surface area contributed by atoms with E-state index in [1.165, 1.54) is 5.57 Å². The molecule has 1 aromatic heterocycles. The van der Waals surface area contributed by atoms with E-state index in [1.54, 1.807) is 0 Å². The predicted octanol–water partition coefficient (Wildman–Crippen LogP) is 3.02. The van der Waals surface area contributed by atoms with Gasteiger partial charge in [0.1, 0.15) is 5.69 Å². The maximum absolute atomic E-state index is 12.6. The molecule has 1 aliphatic rings. The van der Waals surface area contributed by atoms with Crippen LogP contribution >= 0.6 is 0 Å². The minimum absolute atomic E-state index is 0.107. The average Bonchev–Trinajstić information content (AvgIpc) is 2.88. The summed E-state index contributed by atoms with van der Waals surface area (Å²) in [6, 6.07) is 7.51. The van der Waals surface area contributed by atoms with Gasteiger partial charge in [0.05, 0.1) is 6.42 Å². The minimum atomic E-state index is -0.944. The van der Waals surface area contributed by atoms with Crippen molar-refractivity contribution in [3.63, 3.8) is 0 Å². The Hall–Kier alpha value is -2.56. The average molecular weight is 312 g/mol. The largest absolute Gasteiger partial charge is 0.481 e. The van der Waals surface area contributed by atoms with Crippen molar-refractivity contribution >= 4 is 22.8 Å². The van der Waals surface area contributed by atoms with E-state index in [4.69, 9.17) is 5.11 Å². The Morgan fingerprint density at radius 3 is 2.83 bits per heavy atom. The van der Waals surface area contributed by atoms with Gasteiger partial charge in [-0.15, -0.1) is 0 Å². The van der Waals surface area contributed by atoms with Crippen molar-refractivity contribution < 1.29 is 14.7 Å². The van der Waals surface area contributed by atoms with Crippen molar-refractivity contribution in [2.45, 2.75) is 38.6 Å². The number of rotatable bonds is 4. The molecule has 2 aromatic rings. The van der Waals surface area contributed by atoms with E-state index in [0.717, 1.165) is 30.2 Å². The summed E-state index contributed by atoms with van der Waals surface area (Å²) in [5.41, 5.74) is 3.05. The number of carboxylic acids is 1. The van der Waals surface area contributed by atoms with Crippen LogP contribution in [-0.2, 0) is 11.2 Å². The van der Waals surface area contributed by atoms with Crippen LogP contribution in [0, 0.1) is 0 Å². The number of hydrogen-bond acceptors (Lipinski definition) is 2. The minimum Gasteiger partial charge on any atom is -0.481 e. The smallest absolute Gasteiger partial charge is 0.307 e. The number of aromatic amines is 1. The second-order valence-corrected chi connectivity index (χ2v) is 6.09. The lowest BCUT2D eigenvalue weighted by Gasteiger charge is -2.21. The van der Waals surface area contributed by atoms with Crippen LogP contribution in [0.25, 0.3) is 10.9 Å². The fourth-order valence-electron chi connectivity index (χ4n) is 3.08. The number of carboxylic acid groups (broad SMARTS) is 1. The Labute approximate surface area is 134 Å². The number of fused-ring (bicyclic) bond motifs is 1. The number of nitrogens with one attached hydrogen (secondary N) is 2. The van der Waals surface area contributed by atoms with Gasteiger partial charge in [-0.05, 0) is 32.3 Å². The molecule has 0 saturated heterocycles. The van der Waals surface area contributed by atoms with Crippen LogP contribution in [0.15, 0.2) is 35.9 Å². The molecule has 120 valence electrons. The zero-order valence-corrected chi connectivity index (χ0v) is 13.1. The van der Waals surface area contributed by atoms with Crippen molar-refractivity contribution in [2.75, 3.05) is 0 Å². The molecule has 23 heavy (non-hydrogen) atoms. The van der Waals surface area contributed by atoms with Gasteiger partial charge in [0.15, 0.2) is 0 Å². The summed E-state index contributed by atoms with van der Waals surface area (Å²) in [4.78, 5) is 26.8. The van der Waals surface area contributed by atoms with Crippen LogP contribution in [-0.4, -0.2) is 28.0 Å². The van der Waals surface area contributed by atoms with Crippen LogP contribution in [0.1, 0.15) is 42.2 Å². The lowest BCUT2D eigenvalue weighted by molar-refractivity contribution is -0.136. The molecule has 1 unspecified atom stereocenters. The first kappa shape index (κ1) is 15.3. The number of benzene rings is 1. The molecule has 1 heterocycles. The number of hydrogen-bond donors (Lipinski definition) is 3. The lowest BCUT2D eigenvalue weighted by Crippen LogP contribution is -2.36. The van der Waals surface area contributed by atoms with Gasteiger partial charge in [0.2, 0.25) is 0 Å². The summed E-state index contributed by atoms with van der Waals surface area (Å²) in [5, 5.41) is 13.0. The first-order valence-corrected chi connectivity index (χ1v) is 7.82. The maximum Gasteiger partial charge on any atom is 0.307 e. The molecule has 1 aromatic carbocycles. The Balaban J connectivity index is 1.88. The maximum atomic E-state index is 12.6. The van der Waals surface area contributed by atoms with Crippen LogP contribution in [0.3, 0.4) is 0 Å². The number of aromatic nitrogens is 1. The van der Waals surface area contributed by atoms with Crippen molar-refractivity contribution in [3.05, 3.63) is 47.2 Å². The SMILES string of the molecule is CC1=CCC(NC(=O)c2[nH]c3ccccc3c2CC(=O)O)CC1. The molecule has 0 radical (unpaired) electrons. The van der Waals surface area contributed by atoms with Gasteiger partial charge in [-0.2, -0.15) is 0 Å². The molecule has 1 atom stereocenters. The molecule has 0 fully saturated rings. The molecule has 5 heteroatoms. The third-order valence-electron chi connectivity index (χ3n) is 4.34. The lowest BCUT2D eigenvalue weighted by atomic mass is 9.96. The van der Waals surface area contributed by atoms with E-state index in [9.17, 15) is 9.59 Å². The van der Waals surface area contributed by atoms with Gasteiger partial charge in [-0.3, -0.25) is 9.59 Å². The molecular weight excluding hydrogens is 292 g/mol. The zero-order valence-electron chi connectivity index (χ0n) is 13.1. The highest BCUT2D eigenvalue weighted by Gasteiger charge is 2.22. The topological polar surface area (TPSA) is 82.2 Å². The van der Waals surface area contributed by atoms with Crippen LogP contribution < -0.4 is 5.32 Å². The number of amides is 1. The summed E-state index contributed by atoms with van der Waals surface area (Å²) in [6.07, 6.45) is 4.71. The number of H-pyrrole nitrogens is 1. The molecule has 3 rings (SSSR count). The van der Waals surface area contributed by atoms with E-state index in [-0.39, 0.29) is 18.4 Å². The van der Waals surface area contributed by atoms with Gasteiger partial charge < -0.3 is 15.4 Å². The molecule has 5 nitrogen and oxygen atoms in total. The van der Waals surface area contributed by atoms with Crippen LogP contribution in [0.2, 0.25) is 0 Å². The molecule has 0 saturated carbocycles. The summed E-state index contributed by atoms with van der Waals surface area (Å²) >= 11 is 0. The molecule has 1 amide bonds. The molecule has 0 spiro atoms. The summed E-state index contributed by atoms with van der Waals surface area (Å²) in [6.45, 7) is 2.10. The number of allylic oxidation sites excluding steroid dienone is 1. The van der Waals surface area contributed by atoms with Crippen molar-refractivity contribution in [3.8, 4) is 0 Å². The Kier molecular flexibility index (Phi) is 4.19. The Bertz CT molecular complexity index is 789. The molecule has 0 bridgehead atoms. The highest BCUT2D eigenvalue weighted by molar-refractivity contribution is 6.02. The van der Waals surface area contributed by atoms with Gasteiger partial charge in [-0.25, -0.2) is 0 Å². The molecule has 0 aliphatic heterocycles. The van der Waals surface area contributed by atoms with Crippen molar-refractivity contribution in [1.82, 2.24) is 10.3 Å². The monoisotopic (exact) mass is 312 g/mol. The van der Waals surface area contributed by atoms with Crippen LogP contribution in [0.4, 0.5) is 0 Å². The normalized spacial score (nSPS) is 17.8. The second-order valence-electron chi connectivity index (χ2n) is 6.09.